The zero-order valence-electron chi connectivity index (χ0n) is 8.82. The molecule has 1 amide bonds. The van der Waals surface area contributed by atoms with E-state index < -0.39 is 6.09 Å². The van der Waals surface area contributed by atoms with Gasteiger partial charge < -0.3 is 4.74 Å². The van der Waals surface area contributed by atoms with Crippen LogP contribution in [0.1, 0.15) is 20.3 Å². The summed E-state index contributed by atoms with van der Waals surface area (Å²) in [5, 5.41) is 12.4. The quantitative estimate of drug-likeness (QED) is 0.827. The van der Waals surface area contributed by atoms with Crippen molar-refractivity contribution in [3.8, 4) is 5.75 Å². The molecule has 1 unspecified atom stereocenters. The lowest BCUT2D eigenvalue weighted by Gasteiger charge is -2.12. The van der Waals surface area contributed by atoms with Gasteiger partial charge in [-0.2, -0.15) is 0 Å². The minimum atomic E-state index is -1.31. The zero-order chi connectivity index (χ0) is 11.3. The molecule has 0 aromatic heterocycles. The van der Waals surface area contributed by atoms with Gasteiger partial charge in [-0.25, -0.2) is 9.90 Å². The highest BCUT2D eigenvalue weighted by atomic mass is 16.5. The number of amides is 1. The van der Waals surface area contributed by atoms with Crippen molar-refractivity contribution in [2.45, 2.75) is 26.4 Å². The molecule has 1 rings (SSSR count). The molecule has 1 atom stereocenters. The molecule has 81 valence electrons. The highest BCUT2D eigenvalue weighted by Gasteiger charge is 2.02. The number of anilines is 1. The lowest BCUT2D eigenvalue weighted by molar-refractivity contribution is 0.185. The van der Waals surface area contributed by atoms with Crippen molar-refractivity contribution in [1.82, 2.24) is 0 Å². The maximum atomic E-state index is 10.2. The van der Waals surface area contributed by atoms with Crippen LogP contribution in [-0.2, 0) is 5.11 Å². The summed E-state index contributed by atoms with van der Waals surface area (Å²) in [4.78, 5) is 10.2. The Morgan fingerprint density at radius 1 is 1.40 bits per heavy atom. The highest BCUT2D eigenvalue weighted by Crippen LogP contribution is 2.17. The molecular weight excluding hydrogens is 194 g/mol. The van der Waals surface area contributed by atoms with Crippen LogP contribution < -0.4 is 10.1 Å². The van der Waals surface area contributed by atoms with Gasteiger partial charge in [-0.3, -0.25) is 5.32 Å². The first kappa shape index (κ1) is 11.4. The van der Waals surface area contributed by atoms with Crippen molar-refractivity contribution in [2.75, 3.05) is 5.32 Å². The number of ether oxygens (including phenoxy) is 1. The lowest BCUT2D eigenvalue weighted by Crippen LogP contribution is -2.10. The third kappa shape index (κ3) is 3.89. The van der Waals surface area contributed by atoms with E-state index in [1.807, 2.05) is 13.8 Å². The van der Waals surface area contributed by atoms with Gasteiger partial charge in [-0.15, -0.1) is 0 Å². The molecule has 1 radical (unpaired) electrons. The van der Waals surface area contributed by atoms with Crippen LogP contribution in [0.5, 0.6) is 5.75 Å². The van der Waals surface area contributed by atoms with E-state index in [1.54, 1.807) is 24.3 Å². The normalized spacial score (nSPS) is 11.9. The molecule has 1 aromatic carbocycles. The molecule has 0 aliphatic heterocycles. The Morgan fingerprint density at radius 3 is 2.47 bits per heavy atom. The molecule has 4 nitrogen and oxygen atoms in total. The fourth-order valence-corrected chi connectivity index (χ4v) is 1.05. The summed E-state index contributed by atoms with van der Waals surface area (Å²) in [5.41, 5.74) is 0.478. The smallest absolute Gasteiger partial charge is 0.454 e. The second-order valence-corrected chi connectivity index (χ2v) is 3.27. The van der Waals surface area contributed by atoms with E-state index in [-0.39, 0.29) is 6.10 Å². The number of rotatable bonds is 4. The summed E-state index contributed by atoms with van der Waals surface area (Å²) in [6.45, 7) is 4.02. The SMILES string of the molecule is CCC(C)Oc1ccc(NC([O])=O)cc1. The van der Waals surface area contributed by atoms with Crippen molar-refractivity contribution in [1.29, 1.82) is 0 Å². The van der Waals surface area contributed by atoms with Crippen molar-refractivity contribution < 1.29 is 14.6 Å². The predicted molar refractivity (Wildman–Crippen MR) is 56.5 cm³/mol. The fraction of sp³-hybridized carbons (Fsp3) is 0.364. The second-order valence-electron chi connectivity index (χ2n) is 3.27. The standard InChI is InChI=1S/C11H14NO3/c1-3-8(2)15-10-6-4-9(5-7-10)12-11(13)14/h4-8,12H,3H2,1-2H3. The number of hydrogen-bond acceptors (Lipinski definition) is 2. The summed E-state index contributed by atoms with van der Waals surface area (Å²) >= 11 is 0. The summed E-state index contributed by atoms with van der Waals surface area (Å²) in [5.74, 6) is 0.730. The van der Waals surface area contributed by atoms with Gasteiger partial charge in [-0.1, -0.05) is 6.92 Å². The van der Waals surface area contributed by atoms with Crippen molar-refractivity contribution in [3.05, 3.63) is 24.3 Å². The first-order chi connectivity index (χ1) is 7.11. The molecule has 0 aliphatic rings. The second kappa shape index (κ2) is 5.24. The molecule has 1 N–H and O–H groups in total. The Labute approximate surface area is 88.9 Å². The fourth-order valence-electron chi connectivity index (χ4n) is 1.05. The van der Waals surface area contributed by atoms with Crippen molar-refractivity contribution in [3.63, 3.8) is 0 Å². The van der Waals surface area contributed by atoms with Gasteiger partial charge >= 0.3 is 6.09 Å². The zero-order valence-corrected chi connectivity index (χ0v) is 8.82. The molecule has 0 heterocycles. The average molecular weight is 208 g/mol. The average Bonchev–Trinajstić information content (AvgIpc) is 2.20. The number of benzene rings is 1. The topological polar surface area (TPSA) is 58.2 Å². The third-order valence-electron chi connectivity index (χ3n) is 2.01. The van der Waals surface area contributed by atoms with Crippen LogP contribution in [0.3, 0.4) is 0 Å². The summed E-state index contributed by atoms with van der Waals surface area (Å²) in [6.07, 6.45) is -0.227. The third-order valence-corrected chi connectivity index (χ3v) is 2.01. The minimum absolute atomic E-state index is 0.157. The molecule has 0 bridgehead atoms. The highest BCUT2D eigenvalue weighted by molar-refractivity contribution is 5.82. The van der Waals surface area contributed by atoms with E-state index >= 15 is 0 Å². The maximum absolute atomic E-state index is 10.2. The molecule has 1 aromatic rings. The molecule has 4 heteroatoms. The van der Waals surface area contributed by atoms with Crippen molar-refractivity contribution >= 4 is 11.8 Å². The van der Waals surface area contributed by atoms with E-state index in [1.165, 1.54) is 0 Å². The van der Waals surface area contributed by atoms with Gasteiger partial charge in [0.15, 0.2) is 0 Å². The Bertz CT molecular complexity index is 321. The summed E-state index contributed by atoms with van der Waals surface area (Å²) < 4.78 is 5.53. The van der Waals surface area contributed by atoms with Crippen LogP contribution in [-0.4, -0.2) is 12.2 Å². The molecule has 0 saturated heterocycles. The van der Waals surface area contributed by atoms with E-state index in [9.17, 15) is 9.90 Å². The first-order valence-electron chi connectivity index (χ1n) is 4.86. The summed E-state index contributed by atoms with van der Waals surface area (Å²) in [7, 11) is 0. The molecule has 0 fully saturated rings. The Hall–Kier alpha value is -1.71. The van der Waals surface area contributed by atoms with Crippen LogP contribution >= 0.6 is 0 Å². The van der Waals surface area contributed by atoms with Gasteiger partial charge in [0, 0.05) is 5.69 Å². The lowest BCUT2D eigenvalue weighted by atomic mass is 10.3. The van der Waals surface area contributed by atoms with Crippen LogP contribution in [0.2, 0.25) is 0 Å². The number of nitrogens with one attached hydrogen (secondary N) is 1. The Kier molecular flexibility index (Phi) is 3.97. The van der Waals surface area contributed by atoms with Gasteiger partial charge in [0.1, 0.15) is 5.75 Å². The van der Waals surface area contributed by atoms with Gasteiger partial charge in [0.25, 0.3) is 0 Å². The van der Waals surface area contributed by atoms with Crippen LogP contribution in [0.4, 0.5) is 10.5 Å². The van der Waals surface area contributed by atoms with Gasteiger partial charge in [-0.05, 0) is 37.6 Å². The van der Waals surface area contributed by atoms with Crippen LogP contribution in [0.15, 0.2) is 24.3 Å². The Balaban J connectivity index is 2.60. The molecular formula is C11H14NO3. The number of carbonyl (C=O) groups excluding carboxylic acids is 1. The van der Waals surface area contributed by atoms with Crippen molar-refractivity contribution in [2.24, 2.45) is 0 Å². The van der Waals surface area contributed by atoms with Gasteiger partial charge in [0.2, 0.25) is 0 Å². The maximum Gasteiger partial charge on any atom is 0.454 e. The van der Waals surface area contributed by atoms with Gasteiger partial charge in [0.05, 0.1) is 6.10 Å². The molecule has 0 saturated carbocycles. The minimum Gasteiger partial charge on any atom is -0.491 e. The monoisotopic (exact) mass is 208 g/mol. The number of carbonyl (C=O) groups is 1. The predicted octanol–water partition coefficient (Wildman–Crippen LogP) is 2.83. The number of hydrogen-bond donors (Lipinski definition) is 1. The van der Waals surface area contributed by atoms with E-state index in [4.69, 9.17) is 4.74 Å². The molecule has 15 heavy (non-hydrogen) atoms. The molecule has 0 aliphatic carbocycles. The van der Waals surface area contributed by atoms with E-state index in [0.717, 1.165) is 12.2 Å². The largest absolute Gasteiger partial charge is 0.491 e. The van der Waals surface area contributed by atoms with E-state index in [2.05, 4.69) is 5.32 Å². The first-order valence-corrected chi connectivity index (χ1v) is 4.86. The van der Waals surface area contributed by atoms with Crippen LogP contribution in [0.25, 0.3) is 0 Å². The Morgan fingerprint density at radius 2 is 2.00 bits per heavy atom. The van der Waals surface area contributed by atoms with E-state index in [0.29, 0.717) is 5.69 Å². The molecule has 0 spiro atoms. The van der Waals surface area contributed by atoms with Crippen LogP contribution in [0, 0.1) is 0 Å². The summed E-state index contributed by atoms with van der Waals surface area (Å²) in [6, 6.07) is 6.70.